The lowest BCUT2D eigenvalue weighted by Gasteiger charge is -2.28. The van der Waals surface area contributed by atoms with E-state index < -0.39 is 60.2 Å². The Morgan fingerprint density at radius 1 is 0.923 bits per heavy atom. The Kier molecular flexibility index (Phi) is 14.0. The first kappa shape index (κ1) is 32.8. The van der Waals surface area contributed by atoms with Gasteiger partial charge in [0.05, 0.1) is 12.5 Å². The number of amides is 4. The number of hydrogen-bond donors (Lipinski definition) is 8. The highest BCUT2D eigenvalue weighted by Crippen LogP contribution is 2.11. The smallest absolute Gasteiger partial charge is 0.326 e. The van der Waals surface area contributed by atoms with Gasteiger partial charge >= 0.3 is 5.97 Å². The van der Waals surface area contributed by atoms with Crippen molar-refractivity contribution in [3.63, 3.8) is 0 Å². The van der Waals surface area contributed by atoms with Gasteiger partial charge in [-0.2, -0.15) is 0 Å². The largest absolute Gasteiger partial charge is 0.480 e. The number of primary amides is 1. The van der Waals surface area contributed by atoms with Gasteiger partial charge in [0, 0.05) is 13.0 Å². The summed E-state index contributed by atoms with van der Waals surface area (Å²) in [6, 6.07) is 3.99. The summed E-state index contributed by atoms with van der Waals surface area (Å²) in [6.07, 6.45) is 0.634. The third-order valence-electron chi connectivity index (χ3n) is 6.03. The summed E-state index contributed by atoms with van der Waals surface area (Å²) in [5.74, 6) is -4.80. The second-order valence-corrected chi connectivity index (χ2v) is 9.25. The number of rotatable bonds is 17. The fraction of sp³-hybridized carbons (Fsp3) is 0.520. The number of carboxylic acids is 1. The highest BCUT2D eigenvalue weighted by molar-refractivity contribution is 5.95. The predicted molar refractivity (Wildman–Crippen MR) is 145 cm³/mol. The van der Waals surface area contributed by atoms with Crippen LogP contribution in [-0.2, 0) is 30.4 Å². The first-order valence-electron chi connectivity index (χ1n) is 12.6. The molecule has 5 atom stereocenters. The molecule has 1 rings (SSSR count). The quantitative estimate of drug-likeness (QED) is 0.0611. The van der Waals surface area contributed by atoms with Gasteiger partial charge in [0.25, 0.3) is 0 Å². The SMILES string of the molecule is CCC(C)C(NC(=O)C(N)CCCN=C(N)N)C(=O)NC(Cc1ccccc1)C(=O)NC(CC(N)=O)C(=O)O. The Bertz CT molecular complexity index is 1020. The van der Waals surface area contributed by atoms with Crippen LogP contribution in [0.5, 0.6) is 0 Å². The Balaban J connectivity index is 3.07. The van der Waals surface area contributed by atoms with Crippen LogP contribution >= 0.6 is 0 Å². The van der Waals surface area contributed by atoms with E-state index in [9.17, 15) is 29.1 Å². The molecule has 0 saturated heterocycles. The molecule has 5 unspecified atom stereocenters. The van der Waals surface area contributed by atoms with E-state index in [0.717, 1.165) is 0 Å². The Morgan fingerprint density at radius 2 is 1.54 bits per heavy atom. The molecule has 39 heavy (non-hydrogen) atoms. The zero-order valence-electron chi connectivity index (χ0n) is 22.3. The molecule has 1 aromatic carbocycles. The first-order valence-corrected chi connectivity index (χ1v) is 12.6. The monoisotopic (exact) mass is 548 g/mol. The van der Waals surface area contributed by atoms with E-state index in [-0.39, 0.29) is 24.7 Å². The van der Waals surface area contributed by atoms with Gasteiger partial charge < -0.3 is 44.0 Å². The van der Waals surface area contributed by atoms with Crippen molar-refractivity contribution in [1.29, 1.82) is 0 Å². The first-order chi connectivity index (χ1) is 18.3. The van der Waals surface area contributed by atoms with Crippen LogP contribution in [0.3, 0.4) is 0 Å². The minimum absolute atomic E-state index is 0.0206. The normalized spacial score (nSPS) is 14.5. The second-order valence-electron chi connectivity index (χ2n) is 9.25. The lowest BCUT2D eigenvalue weighted by Crippen LogP contribution is -2.59. The molecule has 216 valence electrons. The van der Waals surface area contributed by atoms with E-state index in [2.05, 4.69) is 20.9 Å². The van der Waals surface area contributed by atoms with Crippen LogP contribution in [0, 0.1) is 5.92 Å². The maximum Gasteiger partial charge on any atom is 0.326 e. The van der Waals surface area contributed by atoms with Gasteiger partial charge in [-0.05, 0) is 24.3 Å². The standard InChI is InChI=1S/C25H40N8O6/c1-3-14(2)20(33-21(35)16(26)10-7-11-30-25(28)29)23(37)31-17(12-15-8-5-4-6-9-15)22(36)32-18(24(38)39)13-19(27)34/h4-6,8-9,14,16-18,20H,3,7,10-13,26H2,1-2H3,(H2,27,34)(H,31,37)(H,32,36)(H,33,35)(H,38,39)(H4,28,29,30). The van der Waals surface area contributed by atoms with Gasteiger partial charge in [0.15, 0.2) is 5.96 Å². The highest BCUT2D eigenvalue weighted by Gasteiger charge is 2.33. The molecule has 0 saturated carbocycles. The van der Waals surface area contributed by atoms with Gasteiger partial charge in [-0.3, -0.25) is 24.2 Å². The molecular formula is C25H40N8O6. The van der Waals surface area contributed by atoms with Gasteiger partial charge in [-0.15, -0.1) is 0 Å². The topological polar surface area (TPSA) is 258 Å². The van der Waals surface area contributed by atoms with Crippen molar-refractivity contribution in [1.82, 2.24) is 16.0 Å². The molecule has 0 aromatic heterocycles. The van der Waals surface area contributed by atoms with Crippen LogP contribution < -0.4 is 38.9 Å². The van der Waals surface area contributed by atoms with Crippen molar-refractivity contribution in [3.05, 3.63) is 35.9 Å². The minimum atomic E-state index is -1.58. The van der Waals surface area contributed by atoms with Crippen molar-refractivity contribution in [3.8, 4) is 0 Å². The average molecular weight is 549 g/mol. The number of nitrogens with one attached hydrogen (secondary N) is 3. The predicted octanol–water partition coefficient (Wildman–Crippen LogP) is -1.93. The van der Waals surface area contributed by atoms with Crippen molar-refractivity contribution in [2.45, 2.75) is 70.1 Å². The molecule has 0 spiro atoms. The van der Waals surface area contributed by atoms with Crippen LogP contribution in [0.15, 0.2) is 35.3 Å². The van der Waals surface area contributed by atoms with Crippen LogP contribution in [0.1, 0.15) is 45.1 Å². The number of aliphatic carboxylic acids is 1. The molecule has 0 aliphatic rings. The van der Waals surface area contributed by atoms with E-state index in [0.29, 0.717) is 24.9 Å². The maximum atomic E-state index is 13.4. The number of guanidine groups is 1. The minimum Gasteiger partial charge on any atom is -0.480 e. The number of nitrogens with two attached hydrogens (primary N) is 4. The Morgan fingerprint density at radius 3 is 2.08 bits per heavy atom. The van der Waals surface area contributed by atoms with Crippen molar-refractivity contribution in [2.75, 3.05) is 6.54 Å². The molecule has 0 heterocycles. The third kappa shape index (κ3) is 12.3. The summed E-state index contributed by atoms with van der Waals surface area (Å²) in [4.78, 5) is 65.8. The summed E-state index contributed by atoms with van der Waals surface area (Å²) in [7, 11) is 0. The molecular weight excluding hydrogens is 508 g/mol. The van der Waals surface area contributed by atoms with Gasteiger partial charge in [0.1, 0.15) is 18.1 Å². The maximum absolute atomic E-state index is 13.4. The Labute approximate surface area is 227 Å². The van der Waals surface area contributed by atoms with E-state index >= 15 is 0 Å². The number of benzene rings is 1. The van der Waals surface area contributed by atoms with Crippen LogP contribution in [-0.4, -0.2) is 71.4 Å². The van der Waals surface area contributed by atoms with Crippen LogP contribution in [0.2, 0.25) is 0 Å². The summed E-state index contributed by atoms with van der Waals surface area (Å²) in [5.41, 5.74) is 22.3. The van der Waals surface area contributed by atoms with E-state index in [1.165, 1.54) is 0 Å². The molecule has 1 aromatic rings. The average Bonchev–Trinajstić information content (AvgIpc) is 2.88. The molecule has 14 nitrogen and oxygen atoms in total. The summed E-state index contributed by atoms with van der Waals surface area (Å²) >= 11 is 0. The van der Waals surface area contributed by atoms with Gasteiger partial charge in [-0.25, -0.2) is 4.79 Å². The molecule has 0 fully saturated rings. The van der Waals surface area contributed by atoms with Crippen molar-refractivity contribution < 1.29 is 29.1 Å². The van der Waals surface area contributed by atoms with Crippen LogP contribution in [0.4, 0.5) is 0 Å². The fourth-order valence-corrected chi connectivity index (χ4v) is 3.61. The van der Waals surface area contributed by atoms with Gasteiger partial charge in [-0.1, -0.05) is 50.6 Å². The third-order valence-corrected chi connectivity index (χ3v) is 6.03. The molecule has 14 heteroatoms. The molecule has 0 bridgehead atoms. The highest BCUT2D eigenvalue weighted by atomic mass is 16.4. The number of nitrogens with zero attached hydrogens (tertiary/aromatic N) is 1. The molecule has 4 amide bonds. The van der Waals surface area contributed by atoms with E-state index in [1.54, 1.807) is 37.3 Å². The zero-order valence-corrected chi connectivity index (χ0v) is 22.3. The lowest BCUT2D eigenvalue weighted by atomic mass is 9.96. The summed E-state index contributed by atoms with van der Waals surface area (Å²) < 4.78 is 0. The number of aliphatic imine (C=N–C) groups is 1. The number of carbonyl (C=O) groups is 5. The van der Waals surface area contributed by atoms with Crippen LogP contribution in [0.25, 0.3) is 0 Å². The molecule has 0 radical (unpaired) electrons. The molecule has 12 N–H and O–H groups in total. The van der Waals surface area contributed by atoms with E-state index in [4.69, 9.17) is 22.9 Å². The number of carbonyl (C=O) groups excluding carboxylic acids is 4. The van der Waals surface area contributed by atoms with Crippen molar-refractivity contribution >= 4 is 35.6 Å². The lowest BCUT2D eigenvalue weighted by molar-refractivity contribution is -0.143. The molecule has 0 aliphatic heterocycles. The Hall–Kier alpha value is -4.20. The number of carboxylic acid groups (broad SMARTS) is 1. The summed E-state index contributed by atoms with van der Waals surface area (Å²) in [5, 5.41) is 16.9. The number of hydrogen-bond acceptors (Lipinski definition) is 7. The molecule has 0 aliphatic carbocycles. The van der Waals surface area contributed by atoms with Gasteiger partial charge in [0.2, 0.25) is 23.6 Å². The second kappa shape index (κ2) is 16.6. The zero-order chi connectivity index (χ0) is 29.5. The summed E-state index contributed by atoms with van der Waals surface area (Å²) in [6.45, 7) is 3.89. The fourth-order valence-electron chi connectivity index (χ4n) is 3.61. The van der Waals surface area contributed by atoms with E-state index in [1.807, 2.05) is 6.92 Å². The van der Waals surface area contributed by atoms with Crippen molar-refractivity contribution in [2.24, 2.45) is 33.8 Å².